The zero-order valence-electron chi connectivity index (χ0n) is 11.6. The molecule has 8 heteroatoms. The van der Waals surface area contributed by atoms with Crippen LogP contribution in [0.3, 0.4) is 0 Å². The van der Waals surface area contributed by atoms with Gasteiger partial charge in [0.1, 0.15) is 0 Å². The van der Waals surface area contributed by atoms with E-state index in [-0.39, 0.29) is 25.2 Å². The summed E-state index contributed by atoms with van der Waals surface area (Å²) in [6, 6.07) is 0. The van der Waals surface area contributed by atoms with Crippen LogP contribution in [0.25, 0.3) is 0 Å². The first-order valence-corrected chi connectivity index (χ1v) is 6.29. The maximum atomic E-state index is 11.5. The van der Waals surface area contributed by atoms with Crippen molar-refractivity contribution in [3.05, 3.63) is 0 Å². The predicted molar refractivity (Wildman–Crippen MR) is 63.7 cm³/mol. The number of hydrogen-bond acceptors (Lipinski definition) is 7. The zero-order valence-corrected chi connectivity index (χ0v) is 11.6. The molecule has 1 atom stereocenters. The maximum Gasteiger partial charge on any atom is 0.537 e. The van der Waals surface area contributed by atoms with Crippen LogP contribution in [-0.2, 0) is 28.7 Å². The molecule has 0 aromatic heterocycles. The van der Waals surface area contributed by atoms with Crippen molar-refractivity contribution in [3.63, 3.8) is 0 Å². The van der Waals surface area contributed by atoms with Crippen LogP contribution in [-0.4, -0.2) is 35.3 Å². The van der Waals surface area contributed by atoms with Gasteiger partial charge < -0.3 is 9.47 Å². The van der Waals surface area contributed by atoms with Gasteiger partial charge >= 0.3 is 12.1 Å². The fourth-order valence-corrected chi connectivity index (χ4v) is 1.36. The molecule has 1 saturated heterocycles. The first-order chi connectivity index (χ1) is 9.35. The molecular formula is C12H17NO7. The van der Waals surface area contributed by atoms with E-state index >= 15 is 0 Å². The van der Waals surface area contributed by atoms with E-state index in [9.17, 15) is 19.2 Å². The minimum absolute atomic E-state index is 0.00938. The van der Waals surface area contributed by atoms with E-state index in [0.29, 0.717) is 5.06 Å². The molecule has 112 valence electrons. The third-order valence-corrected chi connectivity index (χ3v) is 2.46. The molecule has 0 aliphatic carbocycles. The highest BCUT2D eigenvalue weighted by Gasteiger charge is 2.34. The Morgan fingerprint density at radius 1 is 1.15 bits per heavy atom. The average Bonchev–Trinajstić information content (AvgIpc) is 2.69. The van der Waals surface area contributed by atoms with E-state index in [1.54, 1.807) is 20.8 Å². The first-order valence-electron chi connectivity index (χ1n) is 6.29. The monoisotopic (exact) mass is 287 g/mol. The third kappa shape index (κ3) is 4.22. The number of carbonyl (C=O) groups is 4. The van der Waals surface area contributed by atoms with E-state index in [0.717, 1.165) is 0 Å². The van der Waals surface area contributed by atoms with Crippen molar-refractivity contribution in [1.82, 2.24) is 5.06 Å². The number of ether oxygens (including phenoxy) is 2. The molecule has 1 aliphatic rings. The van der Waals surface area contributed by atoms with E-state index in [4.69, 9.17) is 9.47 Å². The highest BCUT2D eigenvalue weighted by molar-refractivity contribution is 6.01. The summed E-state index contributed by atoms with van der Waals surface area (Å²) in [7, 11) is 0. The largest absolute Gasteiger partial charge is 0.537 e. The fourth-order valence-electron chi connectivity index (χ4n) is 1.36. The molecule has 0 aromatic rings. The van der Waals surface area contributed by atoms with Crippen LogP contribution >= 0.6 is 0 Å². The Morgan fingerprint density at radius 3 is 2.15 bits per heavy atom. The molecule has 20 heavy (non-hydrogen) atoms. The Kier molecular flexibility index (Phi) is 5.48. The second kappa shape index (κ2) is 6.88. The third-order valence-electron chi connectivity index (χ3n) is 2.46. The number of amides is 2. The number of hydroxylamine groups is 2. The molecule has 1 aliphatic heterocycles. The highest BCUT2D eigenvalue weighted by Crippen LogP contribution is 2.15. The van der Waals surface area contributed by atoms with Gasteiger partial charge in [0, 0.05) is 25.2 Å². The second-order valence-electron chi connectivity index (χ2n) is 4.50. The van der Waals surface area contributed by atoms with Gasteiger partial charge in [0.25, 0.3) is 18.1 Å². The minimum atomic E-state index is -1.27. The van der Waals surface area contributed by atoms with Gasteiger partial charge in [-0.15, -0.1) is 0 Å². The summed E-state index contributed by atoms with van der Waals surface area (Å²) in [6.07, 6.45) is -2.29. The Morgan fingerprint density at radius 2 is 1.70 bits per heavy atom. The quantitative estimate of drug-likeness (QED) is 0.424. The summed E-state index contributed by atoms with van der Waals surface area (Å²) in [6.45, 7) is 4.94. The van der Waals surface area contributed by atoms with Gasteiger partial charge in [-0.2, -0.15) is 0 Å². The molecule has 0 saturated carbocycles. The SMILES string of the molecule is CCC(=O)OC(OC(=O)ON1C(=O)CCC1=O)C(C)C. The van der Waals surface area contributed by atoms with Gasteiger partial charge in [-0.05, 0) is 0 Å². The molecule has 1 rings (SSSR count). The number of esters is 1. The average molecular weight is 287 g/mol. The molecule has 0 spiro atoms. The van der Waals surface area contributed by atoms with E-state index in [1.807, 2.05) is 0 Å². The summed E-state index contributed by atoms with van der Waals surface area (Å²) in [4.78, 5) is 49.7. The normalized spacial score (nSPS) is 16.3. The number of rotatable bonds is 5. The minimum Gasteiger partial charge on any atom is -0.425 e. The Balaban J connectivity index is 2.55. The van der Waals surface area contributed by atoms with Gasteiger partial charge in [0.05, 0.1) is 0 Å². The number of nitrogens with zero attached hydrogens (tertiary/aromatic N) is 1. The van der Waals surface area contributed by atoms with Gasteiger partial charge in [-0.3, -0.25) is 19.2 Å². The van der Waals surface area contributed by atoms with Crippen molar-refractivity contribution in [2.24, 2.45) is 5.92 Å². The number of hydrogen-bond donors (Lipinski definition) is 0. The van der Waals surface area contributed by atoms with Crippen molar-refractivity contribution in [2.45, 2.75) is 46.3 Å². The van der Waals surface area contributed by atoms with Crippen LogP contribution in [0.2, 0.25) is 0 Å². The number of carbonyl (C=O) groups excluding carboxylic acids is 4. The summed E-state index contributed by atoms with van der Waals surface area (Å²) < 4.78 is 9.69. The molecule has 0 bridgehead atoms. The highest BCUT2D eigenvalue weighted by atomic mass is 16.9. The van der Waals surface area contributed by atoms with E-state index in [1.165, 1.54) is 0 Å². The van der Waals surface area contributed by atoms with Crippen molar-refractivity contribution >= 4 is 23.9 Å². The Hall–Kier alpha value is -2.12. The van der Waals surface area contributed by atoms with Crippen LogP contribution in [0.15, 0.2) is 0 Å². The topological polar surface area (TPSA) is 99.2 Å². The lowest BCUT2D eigenvalue weighted by molar-refractivity contribution is -0.199. The van der Waals surface area contributed by atoms with Crippen LogP contribution in [0.1, 0.15) is 40.0 Å². The summed E-state index contributed by atoms with van der Waals surface area (Å²) >= 11 is 0. The first kappa shape index (κ1) is 15.9. The predicted octanol–water partition coefficient (Wildman–Crippen LogP) is 1.14. The van der Waals surface area contributed by atoms with Gasteiger partial charge in [0.15, 0.2) is 0 Å². The molecule has 8 nitrogen and oxygen atoms in total. The zero-order chi connectivity index (χ0) is 15.3. The molecule has 0 aromatic carbocycles. The Bertz CT molecular complexity index is 402. The van der Waals surface area contributed by atoms with Gasteiger partial charge in [0.2, 0.25) is 0 Å². The van der Waals surface area contributed by atoms with Crippen molar-refractivity contribution in [1.29, 1.82) is 0 Å². The molecule has 0 radical (unpaired) electrons. The molecule has 0 N–H and O–H groups in total. The molecule has 1 unspecified atom stereocenters. The van der Waals surface area contributed by atoms with Crippen LogP contribution in [0.4, 0.5) is 4.79 Å². The Labute approximate surface area is 115 Å². The lowest BCUT2D eigenvalue weighted by atomic mass is 10.2. The summed E-state index contributed by atoms with van der Waals surface area (Å²) in [5.74, 6) is -2.06. The standard InChI is InChI=1S/C12H17NO7/c1-4-10(16)18-11(7(2)3)19-12(17)20-13-8(14)5-6-9(13)15/h7,11H,4-6H2,1-3H3. The van der Waals surface area contributed by atoms with Crippen LogP contribution < -0.4 is 0 Å². The van der Waals surface area contributed by atoms with Crippen LogP contribution in [0, 0.1) is 5.92 Å². The smallest absolute Gasteiger partial charge is 0.425 e. The van der Waals surface area contributed by atoms with Gasteiger partial charge in [-0.1, -0.05) is 25.8 Å². The lowest BCUT2D eigenvalue weighted by Gasteiger charge is -2.21. The van der Waals surface area contributed by atoms with Crippen molar-refractivity contribution in [2.75, 3.05) is 0 Å². The lowest BCUT2D eigenvalue weighted by Crippen LogP contribution is -2.36. The molecule has 1 fully saturated rings. The van der Waals surface area contributed by atoms with E-state index < -0.39 is 30.2 Å². The number of imide groups is 1. The summed E-state index contributed by atoms with van der Waals surface area (Å²) in [5, 5.41) is 0.362. The fraction of sp³-hybridized carbons (Fsp3) is 0.667. The van der Waals surface area contributed by atoms with E-state index in [2.05, 4.69) is 4.84 Å². The molecule has 1 heterocycles. The van der Waals surface area contributed by atoms with Crippen LogP contribution in [0.5, 0.6) is 0 Å². The summed E-state index contributed by atoms with van der Waals surface area (Å²) in [5.41, 5.74) is 0. The maximum absolute atomic E-state index is 11.5. The van der Waals surface area contributed by atoms with Gasteiger partial charge in [-0.25, -0.2) is 4.79 Å². The van der Waals surface area contributed by atoms with Crippen molar-refractivity contribution < 1.29 is 33.5 Å². The molecule has 2 amide bonds. The molecular weight excluding hydrogens is 270 g/mol. The second-order valence-corrected chi connectivity index (χ2v) is 4.50. The van der Waals surface area contributed by atoms with Crippen molar-refractivity contribution in [3.8, 4) is 0 Å².